The van der Waals surface area contributed by atoms with Gasteiger partial charge in [-0.3, -0.25) is 14.5 Å². The van der Waals surface area contributed by atoms with Gasteiger partial charge in [0.15, 0.2) is 11.6 Å². The lowest BCUT2D eigenvalue weighted by Crippen LogP contribution is -2.38. The summed E-state index contributed by atoms with van der Waals surface area (Å²) in [7, 11) is 0. The summed E-state index contributed by atoms with van der Waals surface area (Å²) in [4.78, 5) is 30.2. The lowest BCUT2D eigenvalue weighted by Gasteiger charge is -2.39. The van der Waals surface area contributed by atoms with E-state index in [0.717, 1.165) is 66.8 Å². The van der Waals surface area contributed by atoms with Crippen LogP contribution in [0, 0.1) is 0 Å². The maximum absolute atomic E-state index is 13.9. The molecule has 1 saturated heterocycles. The molecule has 0 N–H and O–H groups in total. The van der Waals surface area contributed by atoms with Crippen LogP contribution in [0.5, 0.6) is 5.75 Å². The molecule has 4 aliphatic rings. The molecule has 1 fully saturated rings. The summed E-state index contributed by atoms with van der Waals surface area (Å²) < 4.78 is 18.1. The van der Waals surface area contributed by atoms with E-state index in [1.807, 2.05) is 60.7 Å². The van der Waals surface area contributed by atoms with Crippen LogP contribution in [0.25, 0.3) is 0 Å². The van der Waals surface area contributed by atoms with E-state index in [9.17, 15) is 9.59 Å². The molecule has 0 saturated carbocycles. The van der Waals surface area contributed by atoms with Crippen molar-refractivity contribution < 1.29 is 23.8 Å². The average molecular weight is 576 g/mol. The molecular formula is C37H37NO5. The fourth-order valence-corrected chi connectivity index (χ4v) is 7.05. The molecule has 220 valence electrons. The second-order valence-electron chi connectivity index (χ2n) is 12.0. The number of Topliss-reactive ketones (excluding diaryl/α,β-unsaturated/α-hetero) is 2. The van der Waals surface area contributed by atoms with E-state index in [-0.39, 0.29) is 23.4 Å². The van der Waals surface area contributed by atoms with Crippen molar-refractivity contribution >= 4 is 11.6 Å². The number of benzene rings is 3. The van der Waals surface area contributed by atoms with Crippen LogP contribution in [-0.4, -0.2) is 55.9 Å². The van der Waals surface area contributed by atoms with Crippen LogP contribution in [-0.2, 0) is 19.1 Å². The molecule has 2 aliphatic heterocycles. The quantitative estimate of drug-likeness (QED) is 0.329. The van der Waals surface area contributed by atoms with Crippen molar-refractivity contribution in [2.45, 2.75) is 43.4 Å². The van der Waals surface area contributed by atoms with E-state index in [2.05, 4.69) is 29.2 Å². The van der Waals surface area contributed by atoms with Gasteiger partial charge in [0.05, 0.1) is 13.2 Å². The number of nitrogens with zero attached hydrogens (tertiary/aromatic N) is 1. The van der Waals surface area contributed by atoms with E-state index < -0.39 is 5.92 Å². The molecule has 0 radical (unpaired) electrons. The first-order valence-electron chi connectivity index (χ1n) is 15.5. The van der Waals surface area contributed by atoms with Gasteiger partial charge in [-0.25, -0.2) is 0 Å². The van der Waals surface area contributed by atoms with Crippen LogP contribution < -0.4 is 4.74 Å². The molecule has 7 rings (SSSR count). The minimum atomic E-state index is -0.422. The summed E-state index contributed by atoms with van der Waals surface area (Å²) in [6.07, 6.45) is 2.11. The van der Waals surface area contributed by atoms with Gasteiger partial charge in [-0.05, 0) is 40.7 Å². The zero-order valence-electron chi connectivity index (χ0n) is 24.4. The van der Waals surface area contributed by atoms with Crippen LogP contribution in [0.2, 0.25) is 0 Å². The molecule has 2 atom stereocenters. The standard InChI is InChI=1S/C37H37NO5/c39-31-21-28(25-7-3-1-4-8-25)23-33-36(31)35(27-11-13-30(14-12-27)42-20-17-38-15-18-41-19-16-38)37-32(40)22-29(24-34(37)43-33)26-9-5-2-6-10-26/h1-14,28-29,35H,15-24H2/t28-,29-/m0/s1. The SMILES string of the molecule is O=C1C[C@H](c2ccccc2)CC2=C1C(c1ccc(OCCN3CCOCC3)cc1)C1=C(C[C@@H](c3ccccc3)CC1=O)O2. The molecule has 0 unspecified atom stereocenters. The Hall–Kier alpha value is -4.00. The summed E-state index contributed by atoms with van der Waals surface area (Å²) >= 11 is 0. The predicted octanol–water partition coefficient (Wildman–Crippen LogP) is 6.31. The number of hydrogen-bond acceptors (Lipinski definition) is 6. The van der Waals surface area contributed by atoms with Crippen molar-refractivity contribution in [2.75, 3.05) is 39.5 Å². The maximum Gasteiger partial charge on any atom is 0.163 e. The molecular weight excluding hydrogens is 538 g/mol. The third-order valence-corrected chi connectivity index (χ3v) is 9.29. The number of hydrogen-bond donors (Lipinski definition) is 0. The van der Waals surface area contributed by atoms with Crippen molar-refractivity contribution in [3.63, 3.8) is 0 Å². The first-order valence-corrected chi connectivity index (χ1v) is 15.5. The van der Waals surface area contributed by atoms with E-state index in [1.54, 1.807) is 0 Å². The Morgan fingerprint density at radius 2 is 1.19 bits per heavy atom. The molecule has 43 heavy (non-hydrogen) atoms. The lowest BCUT2D eigenvalue weighted by molar-refractivity contribution is -0.118. The van der Waals surface area contributed by atoms with Gasteiger partial charge in [0, 0.05) is 62.4 Å². The van der Waals surface area contributed by atoms with Gasteiger partial charge in [-0.2, -0.15) is 0 Å². The molecule has 6 nitrogen and oxygen atoms in total. The molecule has 2 aliphatic carbocycles. The van der Waals surface area contributed by atoms with Crippen molar-refractivity contribution in [2.24, 2.45) is 0 Å². The summed E-state index contributed by atoms with van der Waals surface area (Å²) in [5, 5.41) is 0. The Kier molecular flexibility index (Phi) is 7.96. The van der Waals surface area contributed by atoms with Gasteiger partial charge in [-0.1, -0.05) is 72.8 Å². The first-order chi connectivity index (χ1) is 21.1. The second kappa shape index (κ2) is 12.3. The van der Waals surface area contributed by atoms with Gasteiger partial charge < -0.3 is 14.2 Å². The zero-order valence-corrected chi connectivity index (χ0v) is 24.4. The number of ether oxygens (including phenoxy) is 3. The van der Waals surface area contributed by atoms with Gasteiger partial charge in [-0.15, -0.1) is 0 Å². The van der Waals surface area contributed by atoms with Crippen molar-refractivity contribution in [1.82, 2.24) is 4.90 Å². The highest BCUT2D eigenvalue weighted by Gasteiger charge is 2.45. The Bertz CT molecular complexity index is 1450. The molecule has 0 amide bonds. The number of rotatable bonds is 7. The normalized spacial score (nSPS) is 23.1. The van der Waals surface area contributed by atoms with Crippen molar-refractivity contribution in [3.05, 3.63) is 124 Å². The molecule has 0 spiro atoms. The summed E-state index contributed by atoms with van der Waals surface area (Å²) in [6, 6.07) is 28.4. The Morgan fingerprint density at radius 1 is 0.651 bits per heavy atom. The number of morpholine rings is 1. The van der Waals surface area contributed by atoms with Crippen LogP contribution >= 0.6 is 0 Å². The minimum Gasteiger partial charge on any atom is -0.492 e. The second-order valence-corrected chi connectivity index (χ2v) is 12.0. The molecule has 3 aromatic rings. The monoisotopic (exact) mass is 575 g/mol. The zero-order chi connectivity index (χ0) is 29.2. The van der Waals surface area contributed by atoms with Crippen LogP contribution in [0.4, 0.5) is 0 Å². The van der Waals surface area contributed by atoms with Crippen LogP contribution in [0.1, 0.15) is 60.1 Å². The molecule has 0 bridgehead atoms. The highest BCUT2D eigenvalue weighted by molar-refractivity contribution is 6.06. The van der Waals surface area contributed by atoms with E-state index in [1.165, 1.54) is 0 Å². The topological polar surface area (TPSA) is 65.1 Å². The molecule has 0 aromatic heterocycles. The van der Waals surface area contributed by atoms with Crippen molar-refractivity contribution in [1.29, 1.82) is 0 Å². The predicted molar refractivity (Wildman–Crippen MR) is 164 cm³/mol. The highest BCUT2D eigenvalue weighted by Crippen LogP contribution is 2.52. The minimum absolute atomic E-state index is 0.0571. The Labute approximate surface area is 253 Å². The maximum atomic E-state index is 13.9. The Balaban J connectivity index is 1.19. The van der Waals surface area contributed by atoms with Crippen LogP contribution in [0.15, 0.2) is 108 Å². The van der Waals surface area contributed by atoms with Gasteiger partial charge in [0.1, 0.15) is 23.9 Å². The first kappa shape index (κ1) is 27.8. The highest BCUT2D eigenvalue weighted by atomic mass is 16.5. The Morgan fingerprint density at radius 3 is 1.72 bits per heavy atom. The number of carbonyl (C=O) groups excluding carboxylic acids is 2. The average Bonchev–Trinajstić information content (AvgIpc) is 3.05. The summed E-state index contributed by atoms with van der Waals surface area (Å²) in [5.41, 5.74) is 4.52. The van der Waals surface area contributed by atoms with Crippen molar-refractivity contribution in [3.8, 4) is 5.75 Å². The molecule has 6 heteroatoms. The summed E-state index contributed by atoms with van der Waals surface area (Å²) in [5.74, 6) is 2.05. The number of ketones is 2. The molecule has 2 heterocycles. The fraction of sp³-hybridized carbons (Fsp3) is 0.351. The number of allylic oxidation sites excluding steroid dienone is 4. The van der Waals surface area contributed by atoms with E-state index in [0.29, 0.717) is 43.4 Å². The van der Waals surface area contributed by atoms with E-state index in [4.69, 9.17) is 14.2 Å². The third-order valence-electron chi connectivity index (χ3n) is 9.29. The molecule has 3 aromatic carbocycles. The third kappa shape index (κ3) is 5.82. The summed E-state index contributed by atoms with van der Waals surface area (Å²) in [6.45, 7) is 4.85. The largest absolute Gasteiger partial charge is 0.492 e. The van der Waals surface area contributed by atoms with E-state index >= 15 is 0 Å². The smallest absolute Gasteiger partial charge is 0.163 e. The van der Waals surface area contributed by atoms with Crippen LogP contribution in [0.3, 0.4) is 0 Å². The van der Waals surface area contributed by atoms with Gasteiger partial charge in [0.25, 0.3) is 0 Å². The lowest BCUT2D eigenvalue weighted by atomic mass is 9.69. The number of carbonyl (C=O) groups is 2. The fourth-order valence-electron chi connectivity index (χ4n) is 7.05. The van der Waals surface area contributed by atoms with Gasteiger partial charge in [0.2, 0.25) is 0 Å². The van der Waals surface area contributed by atoms with Gasteiger partial charge >= 0.3 is 0 Å².